The molecule has 262 valence electrons. The molecule has 3 fully saturated rings. The number of esters is 8. The fraction of sp³-hybridized carbons (Fsp3) is 0.714. The van der Waals surface area contributed by atoms with E-state index in [1.165, 1.54) is 0 Å². The van der Waals surface area contributed by atoms with E-state index in [1.807, 2.05) is 0 Å². The standard InChI is InChI=1S/C28H36O19/c1-10(29)37-8-17-20(21(40-13(4)32)23-24(44-17)25(27(36)46-23)42-15(6)34)47-28-26(43-16(7)35)22(41-14(5)33)19(39-12(3)31)18(45-28)9-38-11(2)30/h17-26,28H,8-9H2,1-7H3/t17-,18-,19+,20-,21+,22+,23-,24?,25?,26-,28+/m1/s1. The zero-order chi connectivity index (χ0) is 35.2. The lowest BCUT2D eigenvalue weighted by molar-refractivity contribution is -0.343. The maximum absolute atomic E-state index is 12.7. The first-order valence-electron chi connectivity index (χ1n) is 14.3. The second-order valence-corrected chi connectivity index (χ2v) is 10.6. The van der Waals surface area contributed by atoms with Gasteiger partial charge >= 0.3 is 47.8 Å². The number of carbonyl (C=O) groups is 8. The summed E-state index contributed by atoms with van der Waals surface area (Å²) >= 11 is 0. The van der Waals surface area contributed by atoms with Crippen LogP contribution in [0.2, 0.25) is 0 Å². The highest BCUT2D eigenvalue weighted by Crippen LogP contribution is 2.38. The zero-order valence-electron chi connectivity index (χ0n) is 26.5. The Kier molecular flexibility index (Phi) is 12.6. The van der Waals surface area contributed by atoms with E-state index >= 15 is 0 Å². The minimum absolute atomic E-state index is 0.574. The largest absolute Gasteiger partial charge is 0.463 e. The van der Waals surface area contributed by atoms with Crippen molar-refractivity contribution in [3.05, 3.63) is 0 Å². The smallest absolute Gasteiger partial charge is 0.350 e. The van der Waals surface area contributed by atoms with E-state index in [0.717, 1.165) is 48.5 Å². The van der Waals surface area contributed by atoms with E-state index in [4.69, 9.17) is 52.1 Å². The summed E-state index contributed by atoms with van der Waals surface area (Å²) in [5.74, 6) is -6.99. The Morgan fingerprint density at radius 3 is 1.45 bits per heavy atom. The maximum Gasteiger partial charge on any atom is 0.350 e. The van der Waals surface area contributed by atoms with Crippen molar-refractivity contribution in [2.75, 3.05) is 13.2 Å². The van der Waals surface area contributed by atoms with Gasteiger partial charge in [0, 0.05) is 48.5 Å². The van der Waals surface area contributed by atoms with Gasteiger partial charge in [0.2, 0.25) is 6.10 Å². The highest BCUT2D eigenvalue weighted by Gasteiger charge is 2.62. The number of carbonyl (C=O) groups excluding carboxylic acids is 8. The van der Waals surface area contributed by atoms with Crippen LogP contribution in [0.1, 0.15) is 48.5 Å². The molecule has 3 aliphatic heterocycles. The fourth-order valence-electron chi connectivity index (χ4n) is 5.23. The van der Waals surface area contributed by atoms with Gasteiger partial charge in [0.15, 0.2) is 36.8 Å². The molecule has 3 aliphatic rings. The molecule has 3 saturated heterocycles. The van der Waals surface area contributed by atoms with Crippen LogP contribution in [0.4, 0.5) is 0 Å². The molecular formula is C28H36O19. The Morgan fingerprint density at radius 1 is 0.511 bits per heavy atom. The molecule has 0 N–H and O–H groups in total. The second-order valence-electron chi connectivity index (χ2n) is 10.6. The summed E-state index contributed by atoms with van der Waals surface area (Å²) in [5, 5.41) is 0. The summed E-state index contributed by atoms with van der Waals surface area (Å²) in [6.45, 7) is 6.20. The Bertz CT molecular complexity index is 1250. The lowest BCUT2D eigenvalue weighted by atomic mass is 9.93. The summed E-state index contributed by atoms with van der Waals surface area (Å²) in [5.41, 5.74) is 0. The number of hydrogen-bond donors (Lipinski definition) is 0. The molecule has 0 spiro atoms. The van der Waals surface area contributed by atoms with Gasteiger partial charge in [-0.2, -0.15) is 0 Å². The molecule has 19 heteroatoms. The molecule has 19 nitrogen and oxygen atoms in total. The molecule has 0 saturated carbocycles. The Hall–Kier alpha value is -4.36. The van der Waals surface area contributed by atoms with E-state index < -0.39 is 128 Å². The van der Waals surface area contributed by atoms with Crippen LogP contribution in [0.5, 0.6) is 0 Å². The first-order valence-corrected chi connectivity index (χ1v) is 14.3. The molecule has 0 aromatic heterocycles. The van der Waals surface area contributed by atoms with Gasteiger partial charge in [-0.1, -0.05) is 0 Å². The van der Waals surface area contributed by atoms with Gasteiger partial charge < -0.3 is 52.1 Å². The van der Waals surface area contributed by atoms with Crippen LogP contribution >= 0.6 is 0 Å². The third-order valence-corrected chi connectivity index (χ3v) is 6.74. The minimum atomic E-state index is -1.79. The van der Waals surface area contributed by atoms with E-state index in [2.05, 4.69) is 0 Å². The Balaban J connectivity index is 2.11. The molecule has 0 aromatic rings. The first kappa shape index (κ1) is 37.1. The third kappa shape index (κ3) is 9.82. The van der Waals surface area contributed by atoms with E-state index in [9.17, 15) is 38.4 Å². The highest BCUT2D eigenvalue weighted by molar-refractivity contribution is 5.81. The number of rotatable bonds is 11. The zero-order valence-corrected chi connectivity index (χ0v) is 26.5. The van der Waals surface area contributed by atoms with Crippen molar-refractivity contribution < 1.29 is 90.5 Å². The molecule has 3 heterocycles. The molecule has 0 amide bonds. The van der Waals surface area contributed by atoms with Gasteiger partial charge in [-0.3, -0.25) is 33.6 Å². The number of hydrogen-bond acceptors (Lipinski definition) is 19. The quantitative estimate of drug-likeness (QED) is 0.180. The van der Waals surface area contributed by atoms with E-state index in [1.54, 1.807) is 0 Å². The van der Waals surface area contributed by atoms with Crippen molar-refractivity contribution in [3.8, 4) is 0 Å². The van der Waals surface area contributed by atoms with E-state index in [-0.39, 0.29) is 0 Å². The van der Waals surface area contributed by atoms with Crippen LogP contribution in [0.25, 0.3) is 0 Å². The SMILES string of the molecule is CC(=O)OC[C@H]1O[C@@H](O[C@H]2[C@H](OC(C)=O)[C@H]3OC(=O)C(OC(C)=O)C3O[C@@H]2COC(C)=O)[C@H](OC(C)=O)[C@@H](OC(C)=O)[C@H]1OC(C)=O. The summed E-state index contributed by atoms with van der Waals surface area (Å²) < 4.78 is 60.5. The molecule has 0 aliphatic carbocycles. The van der Waals surface area contributed by atoms with Crippen LogP contribution in [0, 0.1) is 0 Å². The summed E-state index contributed by atoms with van der Waals surface area (Å²) in [6, 6.07) is 0. The number of ether oxygens (including phenoxy) is 11. The van der Waals surface area contributed by atoms with Crippen LogP contribution in [-0.2, 0) is 90.5 Å². The van der Waals surface area contributed by atoms with Gasteiger partial charge in [-0.15, -0.1) is 0 Å². The van der Waals surface area contributed by atoms with E-state index in [0.29, 0.717) is 0 Å². The summed E-state index contributed by atoms with van der Waals surface area (Å²) in [7, 11) is 0. The number of fused-ring (bicyclic) bond motifs is 1. The van der Waals surface area contributed by atoms with Gasteiger partial charge in [-0.05, 0) is 0 Å². The van der Waals surface area contributed by atoms with Crippen molar-refractivity contribution in [2.45, 2.75) is 116 Å². The van der Waals surface area contributed by atoms with Crippen molar-refractivity contribution in [2.24, 2.45) is 0 Å². The molecular weight excluding hydrogens is 640 g/mol. The monoisotopic (exact) mass is 676 g/mol. The Labute approximate surface area is 267 Å². The second kappa shape index (κ2) is 16.0. The highest BCUT2D eigenvalue weighted by atomic mass is 16.8. The molecule has 0 bridgehead atoms. The van der Waals surface area contributed by atoms with Gasteiger partial charge in [0.1, 0.15) is 37.6 Å². The molecule has 2 unspecified atom stereocenters. The topological polar surface area (TPSA) is 238 Å². The third-order valence-electron chi connectivity index (χ3n) is 6.74. The Morgan fingerprint density at radius 2 is 0.957 bits per heavy atom. The van der Waals surface area contributed by atoms with Crippen LogP contribution < -0.4 is 0 Å². The van der Waals surface area contributed by atoms with Crippen molar-refractivity contribution in [3.63, 3.8) is 0 Å². The van der Waals surface area contributed by atoms with Crippen molar-refractivity contribution >= 4 is 47.8 Å². The van der Waals surface area contributed by atoms with Crippen LogP contribution in [0.15, 0.2) is 0 Å². The minimum Gasteiger partial charge on any atom is -0.463 e. The van der Waals surface area contributed by atoms with Crippen molar-refractivity contribution in [1.29, 1.82) is 0 Å². The normalized spacial score (nSPS) is 32.8. The lowest BCUT2D eigenvalue weighted by Gasteiger charge is -2.47. The maximum atomic E-state index is 12.7. The molecule has 0 aromatic carbocycles. The van der Waals surface area contributed by atoms with Gasteiger partial charge in [0.25, 0.3) is 0 Å². The van der Waals surface area contributed by atoms with Crippen LogP contribution in [-0.4, -0.2) is 128 Å². The first-order chi connectivity index (χ1) is 22.0. The molecule has 11 atom stereocenters. The average Bonchev–Trinajstić information content (AvgIpc) is 3.23. The summed E-state index contributed by atoms with van der Waals surface area (Å²) in [4.78, 5) is 96.7. The average molecular weight is 677 g/mol. The van der Waals surface area contributed by atoms with Gasteiger partial charge in [0.05, 0.1) is 0 Å². The molecule has 3 rings (SSSR count). The lowest BCUT2D eigenvalue weighted by Crippen LogP contribution is -2.67. The molecule has 47 heavy (non-hydrogen) atoms. The van der Waals surface area contributed by atoms with Crippen LogP contribution in [0.3, 0.4) is 0 Å². The van der Waals surface area contributed by atoms with Gasteiger partial charge in [-0.25, -0.2) is 4.79 Å². The van der Waals surface area contributed by atoms with Crippen molar-refractivity contribution in [1.82, 2.24) is 0 Å². The summed E-state index contributed by atoms with van der Waals surface area (Å²) in [6.07, 6.45) is -16.9. The molecule has 0 radical (unpaired) electrons. The predicted octanol–water partition coefficient (Wildman–Crippen LogP) is -1.43. The predicted molar refractivity (Wildman–Crippen MR) is 143 cm³/mol. The fourth-order valence-corrected chi connectivity index (χ4v) is 5.23.